The molecule has 0 aromatic rings. The van der Waals surface area contributed by atoms with Crippen molar-refractivity contribution in [2.24, 2.45) is 0 Å². The molecule has 0 rings (SSSR count). The minimum Gasteiger partial charge on any atom is -0.382 e. The van der Waals surface area contributed by atoms with Crippen molar-refractivity contribution in [2.45, 2.75) is 0 Å². The van der Waals surface area contributed by atoms with Crippen LogP contribution in [0.5, 0.6) is 0 Å². The normalized spacial score (nSPS) is 10.9. The molecule has 7 nitrogen and oxygen atoms in total. The van der Waals surface area contributed by atoms with E-state index in [1.54, 1.807) is 0 Å². The molecule has 0 amide bonds. The molecule has 0 saturated carbocycles. The standard InChI is InChI=1S/C5H12O6S.H3N/c1-9-2-3-10-4-5-11-12(6,7)8;/h2-5H2,1H3,(H,6,7,8);1H3. The van der Waals surface area contributed by atoms with E-state index in [1.807, 2.05) is 0 Å². The van der Waals surface area contributed by atoms with Gasteiger partial charge in [0.2, 0.25) is 0 Å². The van der Waals surface area contributed by atoms with E-state index < -0.39 is 10.4 Å². The summed E-state index contributed by atoms with van der Waals surface area (Å²) in [6, 6.07) is 0. The first-order valence-corrected chi connectivity index (χ1v) is 4.61. The van der Waals surface area contributed by atoms with Gasteiger partial charge in [-0.2, -0.15) is 8.42 Å². The zero-order valence-electron chi connectivity index (χ0n) is 7.43. The number of rotatable bonds is 7. The third kappa shape index (κ3) is 14.6. The summed E-state index contributed by atoms with van der Waals surface area (Å²) in [6.45, 7) is 0.711. The first kappa shape index (κ1) is 15.2. The van der Waals surface area contributed by atoms with Crippen LogP contribution in [0.3, 0.4) is 0 Å². The van der Waals surface area contributed by atoms with Crippen LogP contribution in [0.4, 0.5) is 0 Å². The SMILES string of the molecule is COCCOCCOS(=O)(=O)O.N. The fourth-order valence-electron chi connectivity index (χ4n) is 0.443. The van der Waals surface area contributed by atoms with E-state index >= 15 is 0 Å². The lowest BCUT2D eigenvalue weighted by molar-refractivity contribution is 0.0534. The lowest BCUT2D eigenvalue weighted by Gasteiger charge is -2.01. The largest absolute Gasteiger partial charge is 0.397 e. The quantitative estimate of drug-likeness (QED) is 0.441. The van der Waals surface area contributed by atoms with E-state index in [0.717, 1.165) is 0 Å². The van der Waals surface area contributed by atoms with Gasteiger partial charge in [-0.1, -0.05) is 0 Å². The summed E-state index contributed by atoms with van der Waals surface area (Å²) in [6.07, 6.45) is 0. The third-order valence-electron chi connectivity index (χ3n) is 0.892. The second kappa shape index (κ2) is 8.35. The molecular weight excluding hydrogens is 202 g/mol. The average Bonchev–Trinajstić information content (AvgIpc) is 1.94. The predicted molar refractivity (Wildman–Crippen MR) is 45.2 cm³/mol. The number of methoxy groups -OCH3 is 1. The third-order valence-corrected chi connectivity index (χ3v) is 1.36. The van der Waals surface area contributed by atoms with E-state index in [0.29, 0.717) is 13.2 Å². The van der Waals surface area contributed by atoms with Crippen LogP contribution < -0.4 is 6.15 Å². The molecule has 0 aromatic heterocycles. The van der Waals surface area contributed by atoms with Crippen molar-refractivity contribution in [3.05, 3.63) is 0 Å². The summed E-state index contributed by atoms with van der Waals surface area (Å²) < 4.78 is 41.5. The first-order valence-electron chi connectivity index (χ1n) is 3.25. The van der Waals surface area contributed by atoms with Crippen LogP contribution >= 0.6 is 0 Å². The zero-order chi connectivity index (χ0) is 9.45. The molecule has 0 aliphatic carbocycles. The van der Waals surface area contributed by atoms with Crippen LogP contribution in [0.25, 0.3) is 0 Å². The molecule has 0 fully saturated rings. The van der Waals surface area contributed by atoms with Crippen LogP contribution in [0, 0.1) is 0 Å². The van der Waals surface area contributed by atoms with Gasteiger partial charge in [0.25, 0.3) is 0 Å². The Balaban J connectivity index is 0. The smallest absolute Gasteiger partial charge is 0.382 e. The lowest BCUT2D eigenvalue weighted by Crippen LogP contribution is -2.11. The zero-order valence-corrected chi connectivity index (χ0v) is 8.25. The van der Waals surface area contributed by atoms with Crippen molar-refractivity contribution in [1.29, 1.82) is 0 Å². The Morgan fingerprint density at radius 1 is 1.15 bits per heavy atom. The summed E-state index contributed by atoms with van der Waals surface area (Å²) in [5.74, 6) is 0. The second-order valence-electron chi connectivity index (χ2n) is 1.85. The van der Waals surface area contributed by atoms with Gasteiger partial charge in [-0.3, -0.25) is 4.55 Å². The molecule has 4 N–H and O–H groups in total. The monoisotopic (exact) mass is 217 g/mol. The van der Waals surface area contributed by atoms with Crippen LogP contribution in [-0.4, -0.2) is 46.5 Å². The van der Waals surface area contributed by atoms with Gasteiger partial charge in [0.05, 0.1) is 26.4 Å². The molecule has 0 bridgehead atoms. The average molecular weight is 217 g/mol. The van der Waals surface area contributed by atoms with Gasteiger partial charge in [0.1, 0.15) is 0 Å². The molecule has 0 atom stereocenters. The molecule has 0 aromatic carbocycles. The van der Waals surface area contributed by atoms with E-state index in [2.05, 4.69) is 8.92 Å². The molecule has 0 radical (unpaired) electrons. The Hall–Kier alpha value is -0.250. The van der Waals surface area contributed by atoms with E-state index in [-0.39, 0.29) is 19.4 Å². The van der Waals surface area contributed by atoms with Crippen LogP contribution in [-0.2, 0) is 24.1 Å². The van der Waals surface area contributed by atoms with Gasteiger partial charge >= 0.3 is 10.4 Å². The van der Waals surface area contributed by atoms with Crippen molar-refractivity contribution in [2.75, 3.05) is 33.5 Å². The summed E-state index contributed by atoms with van der Waals surface area (Å²) in [5, 5.41) is 0. The fraction of sp³-hybridized carbons (Fsp3) is 1.00. The number of ether oxygens (including phenoxy) is 2. The summed E-state index contributed by atoms with van der Waals surface area (Å²) in [4.78, 5) is 0. The van der Waals surface area contributed by atoms with Crippen molar-refractivity contribution in [1.82, 2.24) is 6.15 Å². The van der Waals surface area contributed by atoms with Gasteiger partial charge in [0.15, 0.2) is 0 Å². The molecule has 0 unspecified atom stereocenters. The van der Waals surface area contributed by atoms with E-state index in [9.17, 15) is 8.42 Å². The minimum absolute atomic E-state index is 0. The molecule has 82 valence electrons. The lowest BCUT2D eigenvalue weighted by atomic mass is 10.7. The molecule has 0 aliphatic rings. The molecule has 13 heavy (non-hydrogen) atoms. The molecule has 8 heteroatoms. The van der Waals surface area contributed by atoms with Gasteiger partial charge < -0.3 is 15.6 Å². The molecule has 0 spiro atoms. The summed E-state index contributed by atoms with van der Waals surface area (Å²) >= 11 is 0. The van der Waals surface area contributed by atoms with Crippen molar-refractivity contribution in [3.63, 3.8) is 0 Å². The van der Waals surface area contributed by atoms with Crippen LogP contribution in [0.1, 0.15) is 0 Å². The fourth-order valence-corrected chi connectivity index (χ4v) is 0.721. The first-order chi connectivity index (χ1) is 5.56. The summed E-state index contributed by atoms with van der Waals surface area (Å²) in [5.41, 5.74) is 0. The number of hydrogen-bond acceptors (Lipinski definition) is 6. The maximum atomic E-state index is 9.97. The van der Waals surface area contributed by atoms with Crippen molar-refractivity contribution >= 4 is 10.4 Å². The molecule has 0 saturated heterocycles. The Bertz CT molecular complexity index is 191. The van der Waals surface area contributed by atoms with Crippen LogP contribution in [0.2, 0.25) is 0 Å². The van der Waals surface area contributed by atoms with Crippen molar-refractivity contribution < 1.29 is 26.6 Å². The van der Waals surface area contributed by atoms with Gasteiger partial charge in [-0.05, 0) is 0 Å². The van der Waals surface area contributed by atoms with Gasteiger partial charge in [-0.25, -0.2) is 4.18 Å². The highest BCUT2D eigenvalue weighted by atomic mass is 32.3. The number of hydrogen-bond donors (Lipinski definition) is 2. The van der Waals surface area contributed by atoms with E-state index in [4.69, 9.17) is 9.29 Å². The Morgan fingerprint density at radius 2 is 1.69 bits per heavy atom. The van der Waals surface area contributed by atoms with Crippen molar-refractivity contribution in [3.8, 4) is 0 Å². The maximum Gasteiger partial charge on any atom is 0.397 e. The van der Waals surface area contributed by atoms with Crippen LogP contribution in [0.15, 0.2) is 0 Å². The molecule has 0 heterocycles. The Kier molecular flexibility index (Phi) is 9.79. The summed E-state index contributed by atoms with van der Waals surface area (Å²) in [7, 11) is -2.80. The van der Waals surface area contributed by atoms with Gasteiger partial charge in [-0.15, -0.1) is 0 Å². The Morgan fingerprint density at radius 3 is 2.15 bits per heavy atom. The van der Waals surface area contributed by atoms with E-state index in [1.165, 1.54) is 7.11 Å². The second-order valence-corrected chi connectivity index (χ2v) is 2.95. The topological polar surface area (TPSA) is 117 Å². The molecule has 0 aliphatic heterocycles. The highest BCUT2D eigenvalue weighted by Crippen LogP contribution is 1.85. The Labute approximate surface area is 77.5 Å². The highest BCUT2D eigenvalue weighted by Gasteiger charge is 2.02. The maximum absolute atomic E-state index is 9.97. The minimum atomic E-state index is -4.33. The predicted octanol–water partition coefficient (Wildman–Crippen LogP) is -0.369. The highest BCUT2D eigenvalue weighted by molar-refractivity contribution is 7.80. The van der Waals surface area contributed by atoms with Gasteiger partial charge in [0, 0.05) is 7.11 Å². The molecular formula is C5H15NO6S.